The lowest BCUT2D eigenvalue weighted by Gasteiger charge is -2.43. The average Bonchev–Trinajstić information content (AvgIpc) is 1.72. The number of nitrogens with zero attached hydrogens (tertiary/aromatic N) is 1. The van der Waals surface area contributed by atoms with Gasteiger partial charge in [-0.25, -0.2) is 0 Å². The average molecular weight is 111 g/mol. The molecule has 0 aromatic carbocycles. The Morgan fingerprint density at radius 2 is 2.38 bits per heavy atom. The third-order valence-corrected chi connectivity index (χ3v) is 2.01. The van der Waals surface area contributed by atoms with E-state index in [9.17, 15) is 0 Å². The molecule has 2 fully saturated rings. The molecule has 0 bridgehead atoms. The fourth-order valence-corrected chi connectivity index (χ4v) is 1.34. The van der Waals surface area contributed by atoms with Gasteiger partial charge in [-0.2, -0.15) is 0 Å². The highest BCUT2D eigenvalue weighted by Gasteiger charge is 2.30. The zero-order valence-corrected chi connectivity index (χ0v) is 4.98. The van der Waals surface area contributed by atoms with Gasteiger partial charge in [0.25, 0.3) is 0 Å². The van der Waals surface area contributed by atoms with Gasteiger partial charge in [-0.3, -0.25) is 4.90 Å². The zero-order valence-electron chi connectivity index (χ0n) is 4.98. The van der Waals surface area contributed by atoms with E-state index in [1.54, 1.807) is 6.04 Å². The van der Waals surface area contributed by atoms with Crippen molar-refractivity contribution in [2.24, 2.45) is 0 Å². The minimum absolute atomic E-state index is 1.15. The molecule has 2 aliphatic heterocycles. The number of hydrogen-bond donors (Lipinski definition) is 1. The zero-order chi connectivity index (χ0) is 5.40. The molecule has 0 amide bonds. The van der Waals surface area contributed by atoms with Gasteiger partial charge in [-0.15, -0.1) is 0 Å². The Morgan fingerprint density at radius 3 is 2.75 bits per heavy atom. The summed E-state index contributed by atoms with van der Waals surface area (Å²) < 4.78 is 0. The molecule has 0 aliphatic carbocycles. The predicted molar refractivity (Wildman–Crippen MR) is 32.3 cm³/mol. The minimum Gasteiger partial charge on any atom is -0.314 e. The Bertz CT molecular complexity index is 80.5. The van der Waals surface area contributed by atoms with Gasteiger partial charge in [-0.05, 0) is 6.42 Å². The second-order valence-electron chi connectivity index (χ2n) is 2.48. The van der Waals surface area contributed by atoms with Crippen LogP contribution in [-0.2, 0) is 0 Å². The van der Waals surface area contributed by atoms with E-state index in [4.69, 9.17) is 0 Å². The van der Waals surface area contributed by atoms with E-state index in [0.717, 1.165) is 6.54 Å². The number of rotatable bonds is 0. The van der Waals surface area contributed by atoms with Gasteiger partial charge < -0.3 is 5.32 Å². The molecular formula is C6H11N2. The summed E-state index contributed by atoms with van der Waals surface area (Å²) in [7, 11) is 0. The molecule has 0 aromatic rings. The summed E-state index contributed by atoms with van der Waals surface area (Å²) in [5.74, 6) is 0. The highest BCUT2D eigenvalue weighted by atomic mass is 15.3. The van der Waals surface area contributed by atoms with E-state index in [-0.39, 0.29) is 0 Å². The maximum Gasteiger partial charge on any atom is 0.0543 e. The van der Waals surface area contributed by atoms with Crippen molar-refractivity contribution < 1.29 is 0 Å². The quantitative estimate of drug-likeness (QED) is 0.467. The first kappa shape index (κ1) is 4.77. The highest BCUT2D eigenvalue weighted by Crippen LogP contribution is 2.24. The Kier molecular flexibility index (Phi) is 1.02. The van der Waals surface area contributed by atoms with Crippen LogP contribution >= 0.6 is 0 Å². The Morgan fingerprint density at radius 1 is 1.38 bits per heavy atom. The van der Waals surface area contributed by atoms with Crippen LogP contribution in [0.25, 0.3) is 0 Å². The molecule has 2 nitrogen and oxygen atoms in total. The summed E-state index contributed by atoms with van der Waals surface area (Å²) in [5, 5.41) is 3.34. The van der Waals surface area contributed by atoms with Gasteiger partial charge in [0, 0.05) is 26.2 Å². The molecule has 0 unspecified atom stereocenters. The molecule has 1 N–H and O–H groups in total. The lowest BCUT2D eigenvalue weighted by Crippen LogP contribution is -2.53. The summed E-state index contributed by atoms with van der Waals surface area (Å²) >= 11 is 0. The number of piperazine rings is 1. The largest absolute Gasteiger partial charge is 0.314 e. The number of hydrogen-bond acceptors (Lipinski definition) is 2. The summed E-state index contributed by atoms with van der Waals surface area (Å²) in [4.78, 5) is 2.47. The maximum atomic E-state index is 3.34. The summed E-state index contributed by atoms with van der Waals surface area (Å²) in [6.07, 6.45) is 1.34. The Labute approximate surface area is 49.9 Å². The van der Waals surface area contributed by atoms with Crippen molar-refractivity contribution in [3.63, 3.8) is 0 Å². The molecule has 45 valence electrons. The highest BCUT2D eigenvalue weighted by molar-refractivity contribution is 5.03. The van der Waals surface area contributed by atoms with Gasteiger partial charge in [-0.1, -0.05) is 0 Å². The van der Waals surface area contributed by atoms with Crippen LogP contribution in [0, 0.1) is 6.04 Å². The molecule has 0 aromatic heterocycles. The Balaban J connectivity index is 1.92. The summed E-state index contributed by atoms with van der Waals surface area (Å²) in [6, 6.07) is 1.62. The third-order valence-electron chi connectivity index (χ3n) is 2.01. The molecule has 2 heteroatoms. The fraction of sp³-hybridized carbons (Fsp3) is 0.833. The van der Waals surface area contributed by atoms with Crippen LogP contribution < -0.4 is 5.32 Å². The van der Waals surface area contributed by atoms with Crippen LogP contribution in [-0.4, -0.2) is 31.1 Å². The summed E-state index contributed by atoms with van der Waals surface area (Å²) in [5.41, 5.74) is 0. The van der Waals surface area contributed by atoms with Gasteiger partial charge in [0.15, 0.2) is 0 Å². The van der Waals surface area contributed by atoms with E-state index >= 15 is 0 Å². The topological polar surface area (TPSA) is 15.3 Å². The molecule has 2 rings (SSSR count). The monoisotopic (exact) mass is 111 g/mol. The SMILES string of the molecule is C1CN2CC[C]2CN1. The van der Waals surface area contributed by atoms with Crippen LogP contribution in [0.2, 0.25) is 0 Å². The molecular weight excluding hydrogens is 100 g/mol. The molecule has 2 heterocycles. The molecule has 2 aliphatic rings. The minimum atomic E-state index is 1.15. The smallest absolute Gasteiger partial charge is 0.0543 e. The lowest BCUT2D eigenvalue weighted by atomic mass is 10.0. The van der Waals surface area contributed by atoms with Crippen molar-refractivity contribution in [2.45, 2.75) is 6.42 Å². The van der Waals surface area contributed by atoms with E-state index < -0.39 is 0 Å². The predicted octanol–water partition coefficient (Wildman–Crippen LogP) is -0.173. The lowest BCUT2D eigenvalue weighted by molar-refractivity contribution is 0.151. The first-order valence-electron chi connectivity index (χ1n) is 3.27. The van der Waals surface area contributed by atoms with Crippen LogP contribution in [0.5, 0.6) is 0 Å². The number of fused-ring (bicyclic) bond motifs is 1. The second-order valence-corrected chi connectivity index (χ2v) is 2.48. The third kappa shape index (κ3) is 0.565. The second kappa shape index (κ2) is 1.71. The molecule has 0 saturated carbocycles. The van der Waals surface area contributed by atoms with Gasteiger partial charge >= 0.3 is 0 Å². The van der Waals surface area contributed by atoms with E-state index in [0.29, 0.717) is 0 Å². The maximum absolute atomic E-state index is 3.34. The van der Waals surface area contributed by atoms with Gasteiger partial charge in [0.05, 0.1) is 6.04 Å². The van der Waals surface area contributed by atoms with Crippen molar-refractivity contribution in [3.8, 4) is 0 Å². The normalized spacial score (nSPS) is 31.5. The van der Waals surface area contributed by atoms with E-state index in [1.165, 1.54) is 26.1 Å². The Hall–Kier alpha value is -0.0800. The summed E-state index contributed by atoms with van der Waals surface area (Å²) in [6.45, 7) is 4.90. The molecule has 0 spiro atoms. The van der Waals surface area contributed by atoms with Crippen molar-refractivity contribution in [2.75, 3.05) is 26.2 Å². The molecule has 1 radical (unpaired) electrons. The van der Waals surface area contributed by atoms with Crippen LogP contribution in [0.3, 0.4) is 0 Å². The van der Waals surface area contributed by atoms with Gasteiger partial charge in [0.1, 0.15) is 0 Å². The van der Waals surface area contributed by atoms with Crippen molar-refractivity contribution in [1.82, 2.24) is 10.2 Å². The van der Waals surface area contributed by atoms with Crippen molar-refractivity contribution in [1.29, 1.82) is 0 Å². The van der Waals surface area contributed by atoms with Crippen molar-refractivity contribution in [3.05, 3.63) is 6.04 Å². The van der Waals surface area contributed by atoms with Crippen LogP contribution in [0.1, 0.15) is 6.42 Å². The fourth-order valence-electron chi connectivity index (χ4n) is 1.34. The standard InChI is InChI=1S/C6H11N2/c1-3-8-4-2-7-5-6(1)8/h7H,1-5H2. The van der Waals surface area contributed by atoms with Gasteiger partial charge in [0.2, 0.25) is 0 Å². The van der Waals surface area contributed by atoms with E-state index in [2.05, 4.69) is 10.2 Å². The molecule has 8 heavy (non-hydrogen) atoms. The first-order valence-corrected chi connectivity index (χ1v) is 3.27. The van der Waals surface area contributed by atoms with Crippen LogP contribution in [0.4, 0.5) is 0 Å². The van der Waals surface area contributed by atoms with E-state index in [1.807, 2.05) is 0 Å². The number of nitrogens with one attached hydrogen (secondary N) is 1. The van der Waals surface area contributed by atoms with Crippen molar-refractivity contribution >= 4 is 0 Å². The van der Waals surface area contributed by atoms with Crippen LogP contribution in [0.15, 0.2) is 0 Å². The molecule has 2 saturated heterocycles. The first-order chi connectivity index (χ1) is 3.97. The molecule has 0 atom stereocenters.